The van der Waals surface area contributed by atoms with Crippen molar-refractivity contribution < 1.29 is 14.3 Å². The van der Waals surface area contributed by atoms with Crippen LogP contribution in [0.5, 0.6) is 0 Å². The van der Waals surface area contributed by atoms with E-state index in [1.165, 1.54) is 7.11 Å². The topological polar surface area (TPSA) is 79.4 Å². The predicted octanol–water partition coefficient (Wildman–Crippen LogP) is 0.851. The number of methoxy groups -OCH3 is 1. The second-order valence-corrected chi connectivity index (χ2v) is 3.46. The third-order valence-corrected chi connectivity index (χ3v) is 2.44. The van der Waals surface area contributed by atoms with Crippen LogP contribution in [0, 0.1) is 0 Å². The molecule has 1 aromatic rings. The quantitative estimate of drug-likeness (QED) is 0.590. The third kappa shape index (κ3) is 2.97. The number of esters is 1. The number of anilines is 1. The maximum Gasteiger partial charge on any atom is 0.360 e. The molecule has 0 aliphatic rings. The lowest BCUT2D eigenvalue weighted by atomic mass is 10.4. The van der Waals surface area contributed by atoms with Crippen molar-refractivity contribution in [3.05, 3.63) is 11.5 Å². The minimum absolute atomic E-state index is 0.181. The fourth-order valence-corrected chi connectivity index (χ4v) is 1.58. The maximum atomic E-state index is 11.4. The van der Waals surface area contributed by atoms with Crippen LogP contribution >= 0.6 is 0 Å². The second kappa shape index (κ2) is 6.24. The van der Waals surface area contributed by atoms with Gasteiger partial charge in [-0.1, -0.05) is 6.92 Å². The Balaban J connectivity index is 2.94. The van der Waals surface area contributed by atoms with Crippen molar-refractivity contribution in [2.24, 2.45) is 0 Å². The van der Waals surface area contributed by atoms with Gasteiger partial charge in [0.05, 0.1) is 13.7 Å². The zero-order valence-corrected chi connectivity index (χ0v) is 10.5. The summed E-state index contributed by atoms with van der Waals surface area (Å²) in [7, 11) is 1.31. The molecule has 0 saturated heterocycles. The lowest BCUT2D eigenvalue weighted by Gasteiger charge is -2.08. The number of hydrogen-bond acceptors (Lipinski definition) is 5. The van der Waals surface area contributed by atoms with Gasteiger partial charge in [-0.25, -0.2) is 9.78 Å². The maximum absolute atomic E-state index is 11.4. The molecular formula is C11H19N3O3. The zero-order chi connectivity index (χ0) is 12.8. The SMILES string of the molecule is CCOCCn1c(CC)nc(C(=O)OC)c1N. The summed E-state index contributed by atoms with van der Waals surface area (Å²) in [6, 6.07) is 0. The highest BCUT2D eigenvalue weighted by Gasteiger charge is 2.19. The molecule has 0 unspecified atom stereocenters. The van der Waals surface area contributed by atoms with Crippen LogP contribution in [-0.2, 0) is 22.4 Å². The molecule has 1 rings (SSSR count). The Morgan fingerprint density at radius 1 is 1.47 bits per heavy atom. The lowest BCUT2D eigenvalue weighted by Crippen LogP contribution is -2.12. The average molecular weight is 241 g/mol. The first-order chi connectivity index (χ1) is 8.15. The Labute approximate surface area is 101 Å². The molecule has 0 aliphatic heterocycles. The molecule has 17 heavy (non-hydrogen) atoms. The van der Waals surface area contributed by atoms with Crippen molar-refractivity contribution in [1.29, 1.82) is 0 Å². The zero-order valence-electron chi connectivity index (χ0n) is 10.5. The second-order valence-electron chi connectivity index (χ2n) is 3.46. The number of ether oxygens (including phenoxy) is 2. The highest BCUT2D eigenvalue weighted by atomic mass is 16.5. The molecule has 96 valence electrons. The van der Waals surface area contributed by atoms with Crippen LogP contribution in [0.15, 0.2) is 0 Å². The summed E-state index contributed by atoms with van der Waals surface area (Å²) in [6.45, 7) is 5.68. The van der Waals surface area contributed by atoms with Crippen molar-refractivity contribution >= 4 is 11.8 Å². The number of nitrogens with two attached hydrogens (primary N) is 1. The largest absolute Gasteiger partial charge is 0.464 e. The number of aromatic nitrogens is 2. The van der Waals surface area contributed by atoms with E-state index in [9.17, 15) is 4.79 Å². The number of carbonyl (C=O) groups excluding carboxylic acids is 1. The Kier molecular flexibility index (Phi) is 4.96. The Bertz CT molecular complexity index is 388. The van der Waals surface area contributed by atoms with Gasteiger partial charge in [-0.3, -0.25) is 0 Å². The van der Waals surface area contributed by atoms with E-state index in [-0.39, 0.29) is 5.69 Å². The lowest BCUT2D eigenvalue weighted by molar-refractivity contribution is 0.0595. The van der Waals surface area contributed by atoms with E-state index < -0.39 is 5.97 Å². The average Bonchev–Trinajstić information content (AvgIpc) is 2.66. The number of aryl methyl sites for hydroxylation is 1. The van der Waals surface area contributed by atoms with E-state index in [2.05, 4.69) is 9.72 Å². The summed E-state index contributed by atoms with van der Waals surface area (Å²) in [4.78, 5) is 15.6. The van der Waals surface area contributed by atoms with E-state index in [1.807, 2.05) is 13.8 Å². The van der Waals surface area contributed by atoms with Crippen molar-refractivity contribution in [1.82, 2.24) is 9.55 Å². The fraction of sp³-hybridized carbons (Fsp3) is 0.636. The normalized spacial score (nSPS) is 10.5. The molecule has 0 radical (unpaired) electrons. The molecule has 0 bridgehead atoms. The molecule has 0 aromatic carbocycles. The van der Waals surface area contributed by atoms with Gasteiger partial charge in [0.25, 0.3) is 0 Å². The molecule has 6 heteroatoms. The van der Waals surface area contributed by atoms with Crippen LogP contribution in [0.3, 0.4) is 0 Å². The summed E-state index contributed by atoms with van der Waals surface area (Å²) in [5.74, 6) is 0.600. The van der Waals surface area contributed by atoms with E-state index in [4.69, 9.17) is 10.5 Å². The molecule has 0 aliphatic carbocycles. The summed E-state index contributed by atoms with van der Waals surface area (Å²) in [6.07, 6.45) is 0.702. The first-order valence-corrected chi connectivity index (χ1v) is 5.66. The van der Waals surface area contributed by atoms with Crippen LogP contribution < -0.4 is 5.73 Å². The van der Waals surface area contributed by atoms with E-state index in [0.29, 0.717) is 32.0 Å². The Morgan fingerprint density at radius 2 is 2.18 bits per heavy atom. The van der Waals surface area contributed by atoms with Crippen molar-refractivity contribution in [2.75, 3.05) is 26.1 Å². The first-order valence-electron chi connectivity index (χ1n) is 5.66. The summed E-state index contributed by atoms with van der Waals surface area (Å²) >= 11 is 0. The smallest absolute Gasteiger partial charge is 0.360 e. The number of nitrogens with zero attached hydrogens (tertiary/aromatic N) is 2. The van der Waals surface area contributed by atoms with Gasteiger partial charge in [0.15, 0.2) is 5.69 Å². The minimum Gasteiger partial charge on any atom is -0.464 e. The molecule has 2 N–H and O–H groups in total. The van der Waals surface area contributed by atoms with Crippen molar-refractivity contribution in [3.63, 3.8) is 0 Å². The number of imidazole rings is 1. The van der Waals surface area contributed by atoms with Gasteiger partial charge >= 0.3 is 5.97 Å². The van der Waals surface area contributed by atoms with Gasteiger partial charge in [0, 0.05) is 19.6 Å². The predicted molar refractivity (Wildman–Crippen MR) is 63.8 cm³/mol. The number of hydrogen-bond donors (Lipinski definition) is 1. The van der Waals surface area contributed by atoms with E-state index in [0.717, 1.165) is 5.82 Å². The molecule has 0 fully saturated rings. The standard InChI is InChI=1S/C11H19N3O3/c1-4-8-13-9(11(15)16-3)10(12)14(8)6-7-17-5-2/h4-7,12H2,1-3H3. The molecule has 6 nitrogen and oxygen atoms in total. The first kappa shape index (κ1) is 13.5. The molecule has 0 spiro atoms. The molecular weight excluding hydrogens is 222 g/mol. The number of rotatable bonds is 6. The molecule has 1 aromatic heterocycles. The highest BCUT2D eigenvalue weighted by molar-refractivity contribution is 5.92. The number of carbonyl (C=O) groups is 1. The van der Waals surface area contributed by atoms with Crippen LogP contribution in [0.4, 0.5) is 5.82 Å². The summed E-state index contributed by atoms with van der Waals surface area (Å²) in [5, 5.41) is 0. The summed E-state index contributed by atoms with van der Waals surface area (Å²) < 4.78 is 11.7. The third-order valence-electron chi connectivity index (χ3n) is 2.44. The van der Waals surface area contributed by atoms with E-state index >= 15 is 0 Å². The van der Waals surface area contributed by atoms with Crippen molar-refractivity contribution in [3.8, 4) is 0 Å². The molecule has 0 saturated carbocycles. The van der Waals surface area contributed by atoms with Gasteiger partial charge in [-0.2, -0.15) is 0 Å². The highest BCUT2D eigenvalue weighted by Crippen LogP contribution is 2.16. The van der Waals surface area contributed by atoms with Crippen LogP contribution in [0.25, 0.3) is 0 Å². The minimum atomic E-state index is -0.507. The van der Waals surface area contributed by atoms with Crippen LogP contribution in [0.2, 0.25) is 0 Å². The van der Waals surface area contributed by atoms with Crippen LogP contribution in [-0.4, -0.2) is 35.8 Å². The van der Waals surface area contributed by atoms with Gasteiger partial charge in [-0.05, 0) is 6.92 Å². The van der Waals surface area contributed by atoms with Gasteiger partial charge < -0.3 is 19.8 Å². The number of nitrogen functional groups attached to an aromatic ring is 1. The van der Waals surface area contributed by atoms with E-state index in [1.54, 1.807) is 4.57 Å². The monoisotopic (exact) mass is 241 g/mol. The Hall–Kier alpha value is -1.56. The van der Waals surface area contributed by atoms with Crippen LogP contribution in [0.1, 0.15) is 30.2 Å². The summed E-state index contributed by atoms with van der Waals surface area (Å²) in [5.41, 5.74) is 6.06. The van der Waals surface area contributed by atoms with Gasteiger partial charge in [0.1, 0.15) is 11.6 Å². The van der Waals surface area contributed by atoms with Crippen molar-refractivity contribution in [2.45, 2.75) is 26.8 Å². The van der Waals surface area contributed by atoms with Gasteiger partial charge in [0.2, 0.25) is 0 Å². The Morgan fingerprint density at radius 3 is 2.71 bits per heavy atom. The fourth-order valence-electron chi connectivity index (χ4n) is 1.58. The molecule has 0 amide bonds. The van der Waals surface area contributed by atoms with Gasteiger partial charge in [-0.15, -0.1) is 0 Å². The molecule has 1 heterocycles. The molecule has 0 atom stereocenters.